The molecule has 6 nitrogen and oxygen atoms in total. The smallest absolute Gasteiger partial charge is 0.286 e. The summed E-state index contributed by atoms with van der Waals surface area (Å²) >= 11 is 1.44. The number of nitriles is 1. The summed E-state index contributed by atoms with van der Waals surface area (Å²) < 4.78 is 5.65. The van der Waals surface area contributed by atoms with Crippen LogP contribution in [-0.4, -0.2) is 59.7 Å². The van der Waals surface area contributed by atoms with E-state index in [-0.39, 0.29) is 12.0 Å². The van der Waals surface area contributed by atoms with Gasteiger partial charge >= 0.3 is 0 Å². The third-order valence-corrected chi connectivity index (χ3v) is 5.39. The van der Waals surface area contributed by atoms with Crippen LogP contribution in [0.2, 0.25) is 0 Å². The molecule has 27 heavy (non-hydrogen) atoms. The minimum atomic E-state index is -0.176. The van der Waals surface area contributed by atoms with Crippen molar-refractivity contribution in [1.29, 1.82) is 5.26 Å². The number of aliphatic imine (C=N–C) groups is 1. The molecule has 1 aromatic rings. The van der Waals surface area contributed by atoms with Crippen LogP contribution in [0.25, 0.3) is 6.08 Å². The summed E-state index contributed by atoms with van der Waals surface area (Å²) in [7, 11) is 0. The molecule has 1 amide bonds. The molecule has 0 bridgehead atoms. The monoisotopic (exact) mass is 384 g/mol. The van der Waals surface area contributed by atoms with E-state index in [4.69, 9.17) is 10.00 Å². The first-order valence-corrected chi connectivity index (χ1v) is 10.0. The fourth-order valence-electron chi connectivity index (χ4n) is 2.97. The van der Waals surface area contributed by atoms with Crippen LogP contribution < -0.4 is 4.74 Å². The minimum absolute atomic E-state index is 0.137. The topological polar surface area (TPSA) is 68.9 Å². The molecular weight excluding hydrogens is 360 g/mol. The van der Waals surface area contributed by atoms with Crippen LogP contribution in [-0.2, 0) is 4.79 Å². The van der Waals surface area contributed by atoms with Crippen LogP contribution in [0.15, 0.2) is 34.2 Å². The summed E-state index contributed by atoms with van der Waals surface area (Å²) in [6.45, 7) is 8.25. The molecule has 2 aliphatic heterocycles. The Kier molecular flexibility index (Phi) is 6.54. The van der Waals surface area contributed by atoms with Gasteiger partial charge in [-0.15, -0.1) is 0 Å². The van der Waals surface area contributed by atoms with Crippen molar-refractivity contribution in [2.24, 2.45) is 4.99 Å². The van der Waals surface area contributed by atoms with E-state index < -0.39 is 0 Å². The summed E-state index contributed by atoms with van der Waals surface area (Å²) in [6.07, 6.45) is 2.57. The van der Waals surface area contributed by atoms with Gasteiger partial charge in [0, 0.05) is 39.1 Å². The molecule has 1 aromatic carbocycles. The van der Waals surface area contributed by atoms with Crippen LogP contribution in [0.4, 0.5) is 0 Å². The first kappa shape index (κ1) is 19.5. The number of piperazine rings is 1. The zero-order valence-electron chi connectivity index (χ0n) is 15.7. The molecule has 142 valence electrons. The number of rotatable bonds is 5. The van der Waals surface area contributed by atoms with Crippen molar-refractivity contribution >= 4 is 28.9 Å². The Morgan fingerprint density at radius 2 is 1.96 bits per heavy atom. The number of carbonyl (C=O) groups is 1. The Morgan fingerprint density at radius 3 is 2.59 bits per heavy atom. The SMILES string of the molecule is CC(C)Oc1ccc(/C=C2/SC(N3CCN(CCC#N)CC3)=NC2=O)cc1. The van der Waals surface area contributed by atoms with Crippen molar-refractivity contribution < 1.29 is 9.53 Å². The molecule has 1 saturated heterocycles. The lowest BCUT2D eigenvalue weighted by atomic mass is 10.2. The molecule has 7 heteroatoms. The summed E-state index contributed by atoms with van der Waals surface area (Å²) in [5.41, 5.74) is 0.958. The maximum atomic E-state index is 12.3. The van der Waals surface area contributed by atoms with Gasteiger partial charge in [0.1, 0.15) is 5.75 Å². The molecule has 0 saturated carbocycles. The normalized spacial score (nSPS) is 19.5. The molecule has 0 radical (unpaired) electrons. The first-order valence-electron chi connectivity index (χ1n) is 9.18. The van der Waals surface area contributed by atoms with Gasteiger partial charge in [-0.3, -0.25) is 9.69 Å². The zero-order valence-corrected chi connectivity index (χ0v) is 16.5. The molecule has 1 fully saturated rings. The van der Waals surface area contributed by atoms with Crippen molar-refractivity contribution in [3.8, 4) is 11.8 Å². The van der Waals surface area contributed by atoms with E-state index in [2.05, 4.69) is 20.9 Å². The first-order chi connectivity index (χ1) is 13.0. The van der Waals surface area contributed by atoms with E-state index in [0.717, 1.165) is 49.2 Å². The van der Waals surface area contributed by atoms with Crippen LogP contribution in [0.3, 0.4) is 0 Å². The Morgan fingerprint density at radius 1 is 1.26 bits per heavy atom. The second-order valence-electron chi connectivity index (χ2n) is 6.78. The lowest BCUT2D eigenvalue weighted by Crippen LogP contribution is -2.47. The fraction of sp³-hybridized carbons (Fsp3) is 0.450. The van der Waals surface area contributed by atoms with Crippen molar-refractivity contribution in [1.82, 2.24) is 9.80 Å². The zero-order chi connectivity index (χ0) is 19.2. The van der Waals surface area contributed by atoms with Gasteiger partial charge in [-0.25, -0.2) is 0 Å². The minimum Gasteiger partial charge on any atom is -0.491 e. The van der Waals surface area contributed by atoms with Crippen LogP contribution in [0.5, 0.6) is 5.75 Å². The standard InChI is InChI=1S/C20H24N4O2S/c1-15(2)26-17-6-4-16(5-7-17)14-18-19(25)22-20(27-18)24-12-10-23(11-13-24)9-3-8-21/h4-7,14-15H,3,9-13H2,1-2H3/b18-14+. The molecule has 0 spiro atoms. The molecule has 0 aliphatic carbocycles. The predicted molar refractivity (Wildman–Crippen MR) is 108 cm³/mol. The average Bonchev–Trinajstić information content (AvgIpc) is 3.02. The van der Waals surface area contributed by atoms with E-state index in [1.807, 2.05) is 44.2 Å². The van der Waals surface area contributed by atoms with E-state index in [9.17, 15) is 4.79 Å². The van der Waals surface area contributed by atoms with E-state index >= 15 is 0 Å². The highest BCUT2D eigenvalue weighted by Crippen LogP contribution is 2.31. The van der Waals surface area contributed by atoms with Crippen molar-refractivity contribution in [3.05, 3.63) is 34.7 Å². The number of ether oxygens (including phenoxy) is 1. The van der Waals surface area contributed by atoms with Gasteiger partial charge in [0.05, 0.1) is 17.1 Å². The van der Waals surface area contributed by atoms with Crippen LogP contribution in [0.1, 0.15) is 25.8 Å². The predicted octanol–water partition coefficient (Wildman–Crippen LogP) is 2.98. The highest BCUT2D eigenvalue weighted by molar-refractivity contribution is 8.18. The molecule has 3 rings (SSSR count). The molecule has 2 heterocycles. The van der Waals surface area contributed by atoms with E-state index in [1.165, 1.54) is 11.8 Å². The number of thioether (sulfide) groups is 1. The summed E-state index contributed by atoms with van der Waals surface area (Å²) in [5, 5.41) is 9.48. The van der Waals surface area contributed by atoms with Crippen molar-refractivity contribution in [2.75, 3.05) is 32.7 Å². The van der Waals surface area contributed by atoms with Gasteiger partial charge in [0.2, 0.25) is 0 Å². The second-order valence-corrected chi connectivity index (χ2v) is 7.79. The maximum absolute atomic E-state index is 12.3. The van der Waals surface area contributed by atoms with Crippen LogP contribution >= 0.6 is 11.8 Å². The molecule has 0 unspecified atom stereocenters. The van der Waals surface area contributed by atoms with Gasteiger partial charge in [-0.1, -0.05) is 12.1 Å². The maximum Gasteiger partial charge on any atom is 0.286 e. The summed E-state index contributed by atoms with van der Waals surface area (Å²) in [4.78, 5) is 21.6. The number of hydrogen-bond donors (Lipinski definition) is 0. The highest BCUT2D eigenvalue weighted by atomic mass is 32.2. The Bertz CT molecular complexity index is 772. The number of amides is 1. The molecule has 0 atom stereocenters. The van der Waals surface area contributed by atoms with Crippen molar-refractivity contribution in [2.45, 2.75) is 26.4 Å². The summed E-state index contributed by atoms with van der Waals surface area (Å²) in [6, 6.07) is 9.91. The van der Waals surface area contributed by atoms with Gasteiger partial charge < -0.3 is 9.64 Å². The number of hydrogen-bond acceptors (Lipinski definition) is 6. The van der Waals surface area contributed by atoms with Crippen LogP contribution in [0, 0.1) is 11.3 Å². The Labute approximate surface area is 164 Å². The Balaban J connectivity index is 1.57. The molecular formula is C20H24N4O2S. The molecule has 0 N–H and O–H groups in total. The van der Waals surface area contributed by atoms with Gasteiger partial charge in [0.15, 0.2) is 5.17 Å². The fourth-order valence-corrected chi connectivity index (χ4v) is 3.94. The quantitative estimate of drug-likeness (QED) is 0.727. The average molecular weight is 385 g/mol. The largest absolute Gasteiger partial charge is 0.491 e. The van der Waals surface area contributed by atoms with E-state index in [1.54, 1.807) is 0 Å². The molecule has 2 aliphatic rings. The number of amidine groups is 1. The lowest BCUT2D eigenvalue weighted by molar-refractivity contribution is -0.113. The third-order valence-electron chi connectivity index (χ3n) is 4.34. The summed E-state index contributed by atoms with van der Waals surface area (Å²) in [5.74, 6) is 0.646. The number of benzene rings is 1. The molecule has 0 aromatic heterocycles. The van der Waals surface area contributed by atoms with Gasteiger partial charge in [0.25, 0.3) is 5.91 Å². The van der Waals surface area contributed by atoms with Gasteiger partial charge in [-0.2, -0.15) is 10.3 Å². The highest BCUT2D eigenvalue weighted by Gasteiger charge is 2.28. The van der Waals surface area contributed by atoms with Gasteiger partial charge in [-0.05, 0) is 49.4 Å². The van der Waals surface area contributed by atoms with Crippen molar-refractivity contribution in [3.63, 3.8) is 0 Å². The lowest BCUT2D eigenvalue weighted by Gasteiger charge is -2.34. The number of carbonyl (C=O) groups excluding carboxylic acids is 1. The Hall–Kier alpha value is -2.30. The van der Waals surface area contributed by atoms with E-state index in [0.29, 0.717) is 11.3 Å². The second kappa shape index (κ2) is 9.07. The number of nitrogens with zero attached hydrogens (tertiary/aromatic N) is 4. The third kappa shape index (κ3) is 5.34.